The number of carbonyl (C=O) groups excluding carboxylic acids is 3. The number of likely N-dealkylation sites (N-methyl/N-ethyl adjacent to an activating group) is 1. The van der Waals surface area contributed by atoms with Crippen molar-refractivity contribution in [3.63, 3.8) is 0 Å². The molecular weight excluding hydrogens is 346 g/mol. The van der Waals surface area contributed by atoms with E-state index in [2.05, 4.69) is 15.7 Å². The first-order valence-corrected chi connectivity index (χ1v) is 9.86. The second-order valence-corrected chi connectivity index (χ2v) is 8.27. The smallest absolute Gasteiger partial charge is 0.272 e. The minimum absolute atomic E-state index is 0.157. The fourth-order valence-corrected chi connectivity index (χ4v) is 3.91. The molecule has 27 heavy (non-hydrogen) atoms. The Hall–Kier alpha value is -2.38. The van der Waals surface area contributed by atoms with Gasteiger partial charge in [0.05, 0.1) is 6.54 Å². The molecule has 8 heteroatoms. The van der Waals surface area contributed by atoms with Crippen molar-refractivity contribution in [3.8, 4) is 0 Å². The predicted octanol–water partition coefficient (Wildman–Crippen LogP) is 1.07. The molecule has 1 aromatic rings. The van der Waals surface area contributed by atoms with Crippen LogP contribution in [-0.4, -0.2) is 57.1 Å². The topological polar surface area (TPSA) is 96.3 Å². The Morgan fingerprint density at radius 3 is 2.44 bits per heavy atom. The normalized spacial score (nSPS) is 25.9. The molecule has 2 fully saturated rings. The number of nitrogens with zero attached hydrogens (tertiary/aromatic N) is 3. The largest absolute Gasteiger partial charge is 0.351 e. The van der Waals surface area contributed by atoms with Crippen LogP contribution in [-0.2, 0) is 11.3 Å². The standard InChI is InChI=1S/C19H27N5O3/c1-19(18(27)21-12-6-4-3-5-7-12)11-24-15(17(26)23(19)2)10-14(22-24)16(25)20-13-8-9-13/h10,12-13H,3-9,11H2,1-2H3,(H,20,25)(H,21,27). The molecule has 2 N–H and O–H groups in total. The molecule has 0 spiro atoms. The van der Waals surface area contributed by atoms with Crippen LogP contribution in [0, 0.1) is 0 Å². The van der Waals surface area contributed by atoms with Crippen LogP contribution in [0.25, 0.3) is 0 Å². The van der Waals surface area contributed by atoms with Crippen LogP contribution in [0.4, 0.5) is 0 Å². The van der Waals surface area contributed by atoms with Gasteiger partial charge in [-0.3, -0.25) is 19.1 Å². The van der Waals surface area contributed by atoms with Crippen LogP contribution in [0.2, 0.25) is 0 Å². The molecule has 1 aliphatic heterocycles. The second kappa shape index (κ2) is 6.65. The van der Waals surface area contributed by atoms with Crippen molar-refractivity contribution < 1.29 is 14.4 Å². The molecule has 2 aliphatic carbocycles. The molecule has 1 atom stereocenters. The lowest BCUT2D eigenvalue weighted by molar-refractivity contribution is -0.133. The first kappa shape index (κ1) is 18.0. The van der Waals surface area contributed by atoms with E-state index in [1.54, 1.807) is 14.0 Å². The van der Waals surface area contributed by atoms with Crippen LogP contribution < -0.4 is 10.6 Å². The highest BCUT2D eigenvalue weighted by atomic mass is 16.2. The lowest BCUT2D eigenvalue weighted by Crippen LogP contribution is -2.63. The van der Waals surface area contributed by atoms with Crippen LogP contribution in [0.3, 0.4) is 0 Å². The fourth-order valence-electron chi connectivity index (χ4n) is 3.91. The van der Waals surface area contributed by atoms with Crippen molar-refractivity contribution in [3.05, 3.63) is 17.5 Å². The summed E-state index contributed by atoms with van der Waals surface area (Å²) in [6.07, 6.45) is 7.40. The third kappa shape index (κ3) is 3.33. The maximum Gasteiger partial charge on any atom is 0.272 e. The van der Waals surface area contributed by atoms with Crippen LogP contribution >= 0.6 is 0 Å². The lowest BCUT2D eigenvalue weighted by Gasteiger charge is -2.41. The number of hydrogen-bond acceptors (Lipinski definition) is 4. The molecule has 4 rings (SSSR count). The van der Waals surface area contributed by atoms with Crippen LogP contribution in [0.15, 0.2) is 6.07 Å². The number of carbonyl (C=O) groups is 3. The van der Waals surface area contributed by atoms with Gasteiger partial charge in [-0.2, -0.15) is 5.10 Å². The zero-order chi connectivity index (χ0) is 19.2. The summed E-state index contributed by atoms with van der Waals surface area (Å²) in [6.45, 7) is 2.00. The Kier molecular flexibility index (Phi) is 4.44. The number of hydrogen-bond donors (Lipinski definition) is 2. The molecule has 0 bridgehead atoms. The van der Waals surface area contributed by atoms with E-state index < -0.39 is 5.54 Å². The summed E-state index contributed by atoms with van der Waals surface area (Å²) in [4.78, 5) is 39.6. The number of amides is 3. The lowest BCUT2D eigenvalue weighted by atomic mass is 9.92. The summed E-state index contributed by atoms with van der Waals surface area (Å²) in [5, 5.41) is 10.3. The summed E-state index contributed by atoms with van der Waals surface area (Å²) >= 11 is 0. The van der Waals surface area contributed by atoms with Crippen molar-refractivity contribution in [2.75, 3.05) is 7.05 Å². The quantitative estimate of drug-likeness (QED) is 0.825. The average Bonchev–Trinajstić information content (AvgIpc) is 3.36. The Labute approximate surface area is 158 Å². The van der Waals surface area contributed by atoms with Gasteiger partial charge < -0.3 is 15.5 Å². The number of rotatable bonds is 4. The Balaban J connectivity index is 1.53. The van der Waals surface area contributed by atoms with Gasteiger partial charge in [-0.1, -0.05) is 19.3 Å². The van der Waals surface area contributed by atoms with E-state index in [0.29, 0.717) is 5.69 Å². The molecule has 3 amide bonds. The van der Waals surface area contributed by atoms with Gasteiger partial charge in [0.2, 0.25) is 5.91 Å². The van der Waals surface area contributed by atoms with Crippen molar-refractivity contribution in [1.29, 1.82) is 0 Å². The highest BCUT2D eigenvalue weighted by Gasteiger charge is 2.46. The van der Waals surface area contributed by atoms with Crippen LogP contribution in [0.5, 0.6) is 0 Å². The highest BCUT2D eigenvalue weighted by Crippen LogP contribution is 2.27. The molecule has 1 aromatic heterocycles. The molecular formula is C19H27N5O3. The third-order valence-corrected chi connectivity index (χ3v) is 6.08. The minimum Gasteiger partial charge on any atom is -0.351 e. The fraction of sp³-hybridized carbons (Fsp3) is 0.684. The minimum atomic E-state index is -1.03. The molecule has 2 saturated carbocycles. The summed E-state index contributed by atoms with van der Waals surface area (Å²) in [5.74, 6) is -0.709. The van der Waals surface area contributed by atoms with E-state index >= 15 is 0 Å². The van der Waals surface area contributed by atoms with Gasteiger partial charge >= 0.3 is 0 Å². The molecule has 2 heterocycles. The maximum absolute atomic E-state index is 13.0. The van der Waals surface area contributed by atoms with E-state index in [0.717, 1.165) is 38.5 Å². The second-order valence-electron chi connectivity index (χ2n) is 8.27. The van der Waals surface area contributed by atoms with E-state index in [4.69, 9.17) is 0 Å². The molecule has 3 aliphatic rings. The van der Waals surface area contributed by atoms with Crippen LogP contribution in [0.1, 0.15) is 72.8 Å². The number of aromatic nitrogens is 2. The average molecular weight is 373 g/mol. The molecule has 1 unspecified atom stereocenters. The maximum atomic E-state index is 13.0. The van der Waals surface area contributed by atoms with Crippen molar-refractivity contribution >= 4 is 17.7 Å². The molecule has 8 nitrogen and oxygen atoms in total. The predicted molar refractivity (Wildman–Crippen MR) is 98.2 cm³/mol. The molecule has 0 saturated heterocycles. The van der Waals surface area contributed by atoms with Gasteiger partial charge in [0.15, 0.2) is 5.69 Å². The van der Waals surface area contributed by atoms with E-state index in [9.17, 15) is 14.4 Å². The summed E-state index contributed by atoms with van der Waals surface area (Å²) in [5.41, 5.74) is -0.449. The summed E-state index contributed by atoms with van der Waals surface area (Å²) in [6, 6.07) is 1.92. The van der Waals surface area contributed by atoms with Crippen molar-refractivity contribution in [2.24, 2.45) is 0 Å². The van der Waals surface area contributed by atoms with Gasteiger partial charge in [0, 0.05) is 25.2 Å². The summed E-state index contributed by atoms with van der Waals surface area (Å²) < 4.78 is 1.50. The van der Waals surface area contributed by atoms with E-state index in [1.807, 2.05) is 0 Å². The van der Waals surface area contributed by atoms with Gasteiger partial charge in [0.1, 0.15) is 11.2 Å². The van der Waals surface area contributed by atoms with Gasteiger partial charge in [0.25, 0.3) is 11.8 Å². The van der Waals surface area contributed by atoms with Gasteiger partial charge in [-0.15, -0.1) is 0 Å². The number of fused-ring (bicyclic) bond motifs is 1. The summed E-state index contributed by atoms with van der Waals surface area (Å²) in [7, 11) is 1.64. The highest BCUT2D eigenvalue weighted by molar-refractivity contribution is 6.01. The molecule has 0 aromatic carbocycles. The van der Waals surface area contributed by atoms with Crippen molar-refractivity contribution in [2.45, 2.75) is 76.0 Å². The molecule has 146 valence electrons. The zero-order valence-corrected chi connectivity index (χ0v) is 16.0. The Morgan fingerprint density at radius 1 is 1.11 bits per heavy atom. The Bertz CT molecular complexity index is 778. The van der Waals surface area contributed by atoms with E-state index in [1.165, 1.54) is 22.1 Å². The first-order chi connectivity index (χ1) is 12.9. The monoisotopic (exact) mass is 373 g/mol. The third-order valence-electron chi connectivity index (χ3n) is 6.08. The SMILES string of the molecule is CN1C(=O)c2cc(C(=O)NC3CC3)nn2CC1(C)C(=O)NC1CCCCC1. The number of nitrogens with one attached hydrogen (secondary N) is 2. The van der Waals surface area contributed by atoms with E-state index in [-0.39, 0.29) is 42.0 Å². The van der Waals surface area contributed by atoms with Gasteiger partial charge in [-0.25, -0.2) is 0 Å². The first-order valence-electron chi connectivity index (χ1n) is 9.86. The van der Waals surface area contributed by atoms with Gasteiger partial charge in [-0.05, 0) is 32.6 Å². The van der Waals surface area contributed by atoms with Crippen molar-refractivity contribution in [1.82, 2.24) is 25.3 Å². The Morgan fingerprint density at radius 2 is 1.78 bits per heavy atom. The molecule has 0 radical (unpaired) electrons. The zero-order valence-electron chi connectivity index (χ0n) is 16.0.